The van der Waals surface area contributed by atoms with Gasteiger partial charge in [-0.1, -0.05) is 27.7 Å². The molecule has 0 bridgehead atoms. The van der Waals surface area contributed by atoms with Gasteiger partial charge < -0.3 is 14.2 Å². The molecular formula is C33H52O6. The van der Waals surface area contributed by atoms with Gasteiger partial charge in [-0.05, 0) is 94.8 Å². The van der Waals surface area contributed by atoms with Crippen molar-refractivity contribution in [1.82, 2.24) is 0 Å². The maximum Gasteiger partial charge on any atom is 0.303 e. The molecule has 1 saturated heterocycles. The number of carbonyl (C=O) groups is 3. The highest BCUT2D eigenvalue weighted by atomic mass is 16.7. The molecule has 5 aliphatic rings. The van der Waals surface area contributed by atoms with E-state index < -0.39 is 17.3 Å². The van der Waals surface area contributed by atoms with Crippen molar-refractivity contribution in [3.05, 3.63) is 0 Å². The first kappa shape index (κ1) is 29.1. The molecule has 5 fully saturated rings. The molecule has 1 heterocycles. The number of esters is 2. The van der Waals surface area contributed by atoms with Gasteiger partial charge >= 0.3 is 11.9 Å². The van der Waals surface area contributed by atoms with Crippen LogP contribution in [0, 0.1) is 46.3 Å². The van der Waals surface area contributed by atoms with E-state index in [9.17, 15) is 14.4 Å². The second-order valence-electron chi connectivity index (χ2n) is 15.3. The van der Waals surface area contributed by atoms with Crippen molar-refractivity contribution in [3.8, 4) is 0 Å². The number of hydrogen-bond donors (Lipinski definition) is 0. The van der Waals surface area contributed by atoms with E-state index in [1.165, 1.54) is 33.1 Å². The Morgan fingerprint density at radius 1 is 0.949 bits per heavy atom. The van der Waals surface area contributed by atoms with Gasteiger partial charge in [0.05, 0.1) is 0 Å². The van der Waals surface area contributed by atoms with Gasteiger partial charge in [0.25, 0.3) is 0 Å². The molecule has 0 radical (unpaired) electrons. The third kappa shape index (κ3) is 4.15. The largest absolute Gasteiger partial charge is 0.460 e. The SMILES string of the molecule is CC(=O)O[C@@H]([C@H](C)[C@@H](C)C(C)(C)OC(C)=O)[C@@]1(C)O[C@@]12CC[C@@H]1[C@H]3CC[C@@H]4CC(=O)CC[C@@]4(C)[C@@H]3CC[C@]12C. The van der Waals surface area contributed by atoms with E-state index in [0.717, 1.165) is 38.5 Å². The lowest BCUT2D eigenvalue weighted by atomic mass is 9.44. The second kappa shape index (κ2) is 9.29. The molecule has 0 unspecified atom stereocenters. The van der Waals surface area contributed by atoms with Crippen LogP contribution in [0.1, 0.15) is 120 Å². The lowest BCUT2D eigenvalue weighted by molar-refractivity contribution is -0.169. The number of ether oxygens (including phenoxy) is 3. The predicted octanol–water partition coefficient (Wildman–Crippen LogP) is 6.67. The quantitative estimate of drug-likeness (QED) is 0.274. The van der Waals surface area contributed by atoms with Crippen molar-refractivity contribution in [2.45, 2.75) is 143 Å². The zero-order valence-corrected chi connectivity index (χ0v) is 25.9. The van der Waals surface area contributed by atoms with Crippen LogP contribution in [0.15, 0.2) is 0 Å². The molecule has 0 aromatic carbocycles. The third-order valence-electron chi connectivity index (χ3n) is 13.4. The first-order valence-electron chi connectivity index (χ1n) is 15.6. The first-order valence-corrected chi connectivity index (χ1v) is 15.6. The maximum absolute atomic E-state index is 12.4. The smallest absolute Gasteiger partial charge is 0.303 e. The fourth-order valence-corrected chi connectivity index (χ4v) is 10.9. The molecule has 5 rings (SSSR count). The van der Waals surface area contributed by atoms with Crippen LogP contribution in [-0.2, 0) is 28.6 Å². The number of rotatable bonds is 6. The third-order valence-corrected chi connectivity index (χ3v) is 13.4. The molecular weight excluding hydrogens is 492 g/mol. The highest BCUT2D eigenvalue weighted by Crippen LogP contribution is 2.77. The Bertz CT molecular complexity index is 1040. The summed E-state index contributed by atoms with van der Waals surface area (Å²) in [5.41, 5.74) is -1.27. The standard InChI is InChI=1S/C33H52O6/c1-19(20(2)29(5,6)38-22(4)35)28(37-21(3)34)32(9)33(39-32)17-14-27-25-11-10-23-18-24(36)12-15-30(23,7)26(25)13-16-31(27,33)8/h19-20,23,25-28H,10-18H2,1-9H3/t19-,20-,23-,25+,26-,27-,28+,30-,31-,32-,33-/m1/s1. The number of fused-ring (bicyclic) bond motifs is 6. The van der Waals surface area contributed by atoms with E-state index in [0.29, 0.717) is 29.5 Å². The lowest BCUT2D eigenvalue weighted by Crippen LogP contribution is -2.56. The van der Waals surface area contributed by atoms with Gasteiger partial charge in [-0.3, -0.25) is 14.4 Å². The number of carbonyl (C=O) groups excluding carboxylic acids is 3. The fraction of sp³-hybridized carbons (Fsp3) is 0.909. The molecule has 11 atom stereocenters. The summed E-state index contributed by atoms with van der Waals surface area (Å²) in [6, 6.07) is 0. The molecule has 6 heteroatoms. The molecule has 4 saturated carbocycles. The topological polar surface area (TPSA) is 82.2 Å². The predicted molar refractivity (Wildman–Crippen MR) is 149 cm³/mol. The molecule has 0 amide bonds. The molecule has 4 aliphatic carbocycles. The number of Topliss-reactive ketones (excluding diaryl/α,β-unsaturated/α-hetero) is 1. The molecule has 1 spiro atoms. The summed E-state index contributed by atoms with van der Waals surface area (Å²) < 4.78 is 18.8. The van der Waals surface area contributed by atoms with Crippen molar-refractivity contribution in [3.63, 3.8) is 0 Å². The fourth-order valence-electron chi connectivity index (χ4n) is 10.9. The highest BCUT2D eigenvalue weighted by molar-refractivity contribution is 5.79. The van der Waals surface area contributed by atoms with Crippen molar-refractivity contribution in [2.75, 3.05) is 0 Å². The van der Waals surface area contributed by atoms with Crippen molar-refractivity contribution < 1.29 is 28.6 Å². The molecule has 39 heavy (non-hydrogen) atoms. The molecule has 220 valence electrons. The van der Waals surface area contributed by atoms with Crippen molar-refractivity contribution >= 4 is 17.7 Å². The Labute approximate surface area is 235 Å². The van der Waals surface area contributed by atoms with Gasteiger partial charge in [-0.15, -0.1) is 0 Å². The van der Waals surface area contributed by atoms with E-state index in [4.69, 9.17) is 14.2 Å². The lowest BCUT2D eigenvalue weighted by Gasteiger charge is -2.60. The van der Waals surface area contributed by atoms with E-state index in [-0.39, 0.29) is 40.2 Å². The Morgan fingerprint density at radius 2 is 1.62 bits per heavy atom. The van der Waals surface area contributed by atoms with Crippen LogP contribution < -0.4 is 0 Å². The van der Waals surface area contributed by atoms with Crippen LogP contribution in [0.25, 0.3) is 0 Å². The van der Waals surface area contributed by atoms with Crippen LogP contribution in [0.5, 0.6) is 0 Å². The summed E-state index contributed by atoms with van der Waals surface area (Å²) in [5, 5.41) is 0. The Balaban J connectivity index is 1.41. The van der Waals surface area contributed by atoms with Gasteiger partial charge in [-0.2, -0.15) is 0 Å². The molecule has 0 aromatic heterocycles. The summed E-state index contributed by atoms with van der Waals surface area (Å²) >= 11 is 0. The molecule has 1 aliphatic heterocycles. The summed E-state index contributed by atoms with van der Waals surface area (Å²) in [4.78, 5) is 36.6. The van der Waals surface area contributed by atoms with Crippen molar-refractivity contribution in [1.29, 1.82) is 0 Å². The second-order valence-corrected chi connectivity index (χ2v) is 15.3. The monoisotopic (exact) mass is 544 g/mol. The van der Waals surface area contributed by atoms with E-state index >= 15 is 0 Å². The zero-order chi connectivity index (χ0) is 28.8. The highest BCUT2D eigenvalue weighted by Gasteiger charge is 2.83. The normalized spacial score (nSPS) is 45.4. The van der Waals surface area contributed by atoms with Gasteiger partial charge in [0.1, 0.15) is 28.7 Å². The molecule has 0 N–H and O–H groups in total. The van der Waals surface area contributed by atoms with Gasteiger partial charge in [-0.25, -0.2) is 0 Å². The minimum absolute atomic E-state index is 0.0311. The average Bonchev–Trinajstić information content (AvgIpc) is 3.35. The van der Waals surface area contributed by atoms with E-state index in [1.807, 2.05) is 13.8 Å². The van der Waals surface area contributed by atoms with Gasteiger partial charge in [0, 0.05) is 43.9 Å². The Kier molecular flexibility index (Phi) is 6.93. The van der Waals surface area contributed by atoms with E-state index in [1.54, 1.807) is 0 Å². The Hall–Kier alpha value is -1.43. The average molecular weight is 545 g/mol. The molecule has 0 aromatic rings. The number of ketones is 1. The summed E-state index contributed by atoms with van der Waals surface area (Å²) in [5.74, 6) is 2.27. The summed E-state index contributed by atoms with van der Waals surface area (Å²) in [6.07, 6.45) is 9.06. The number of hydrogen-bond acceptors (Lipinski definition) is 6. The van der Waals surface area contributed by atoms with Gasteiger partial charge in [0.2, 0.25) is 0 Å². The zero-order valence-electron chi connectivity index (χ0n) is 25.9. The minimum Gasteiger partial charge on any atom is -0.460 e. The van der Waals surface area contributed by atoms with Crippen LogP contribution in [0.3, 0.4) is 0 Å². The first-order chi connectivity index (χ1) is 18.0. The maximum atomic E-state index is 12.4. The summed E-state index contributed by atoms with van der Waals surface area (Å²) in [7, 11) is 0. The van der Waals surface area contributed by atoms with Crippen LogP contribution >= 0.6 is 0 Å². The summed E-state index contributed by atoms with van der Waals surface area (Å²) in [6.45, 7) is 18.1. The van der Waals surface area contributed by atoms with Crippen molar-refractivity contribution in [2.24, 2.45) is 46.3 Å². The molecule has 6 nitrogen and oxygen atoms in total. The number of epoxide rings is 1. The minimum atomic E-state index is -0.697. The van der Waals surface area contributed by atoms with Gasteiger partial charge in [0.15, 0.2) is 0 Å². The van der Waals surface area contributed by atoms with Crippen LogP contribution in [-0.4, -0.2) is 40.6 Å². The Morgan fingerprint density at radius 3 is 2.26 bits per heavy atom. The van der Waals surface area contributed by atoms with E-state index in [2.05, 4.69) is 34.6 Å². The van der Waals surface area contributed by atoms with Crippen LogP contribution in [0.2, 0.25) is 0 Å². The van der Waals surface area contributed by atoms with Crippen LogP contribution in [0.4, 0.5) is 0 Å².